The summed E-state index contributed by atoms with van der Waals surface area (Å²) in [6, 6.07) is 0. The highest BCUT2D eigenvalue weighted by Crippen LogP contribution is 2.42. The third-order valence-corrected chi connectivity index (χ3v) is 7.51. The van der Waals surface area contributed by atoms with Gasteiger partial charge in [0.25, 0.3) is 0 Å². The van der Waals surface area contributed by atoms with Gasteiger partial charge in [-0.25, -0.2) is 8.42 Å². The zero-order valence-electron chi connectivity index (χ0n) is 13.5. The van der Waals surface area contributed by atoms with E-state index in [0.717, 1.165) is 19.4 Å². The van der Waals surface area contributed by atoms with Crippen LogP contribution in [0.4, 0.5) is 0 Å². The Bertz CT molecular complexity index is 760. The summed E-state index contributed by atoms with van der Waals surface area (Å²) in [5, 5.41) is 4.19. The van der Waals surface area contributed by atoms with Gasteiger partial charge in [0.05, 0.1) is 11.1 Å². The highest BCUT2D eigenvalue weighted by atomic mass is 35.5. The van der Waals surface area contributed by atoms with Gasteiger partial charge >= 0.3 is 0 Å². The molecule has 0 radical (unpaired) electrons. The van der Waals surface area contributed by atoms with E-state index in [-0.39, 0.29) is 22.5 Å². The van der Waals surface area contributed by atoms with Gasteiger partial charge in [-0.3, -0.25) is 9.48 Å². The van der Waals surface area contributed by atoms with Crippen molar-refractivity contribution >= 4 is 27.5 Å². The van der Waals surface area contributed by atoms with E-state index in [1.807, 2.05) is 0 Å². The number of halogens is 1. The molecular formula is C14H21ClN4O3S. The summed E-state index contributed by atoms with van der Waals surface area (Å²) in [7, 11) is -0.357. The van der Waals surface area contributed by atoms with Gasteiger partial charge in [-0.1, -0.05) is 11.6 Å². The Hall–Kier alpha value is -1.12. The number of hydrogen-bond acceptors (Lipinski definition) is 4. The Morgan fingerprint density at radius 3 is 2.52 bits per heavy atom. The first-order valence-corrected chi connectivity index (χ1v) is 9.46. The second-order valence-electron chi connectivity index (χ2n) is 6.53. The van der Waals surface area contributed by atoms with Crippen molar-refractivity contribution in [1.82, 2.24) is 19.0 Å². The number of rotatable bonds is 2. The van der Waals surface area contributed by atoms with Crippen LogP contribution in [0, 0.1) is 12.3 Å². The van der Waals surface area contributed by atoms with Crippen molar-refractivity contribution in [3.05, 3.63) is 10.8 Å². The highest BCUT2D eigenvalue weighted by molar-refractivity contribution is 7.89. The zero-order valence-corrected chi connectivity index (χ0v) is 15.1. The molecule has 3 rings (SSSR count). The van der Waals surface area contributed by atoms with E-state index in [1.54, 1.807) is 25.9 Å². The lowest BCUT2D eigenvalue weighted by atomic mass is 9.78. The van der Waals surface area contributed by atoms with Crippen LogP contribution in [-0.2, 0) is 21.9 Å². The van der Waals surface area contributed by atoms with Crippen LogP contribution in [0.15, 0.2) is 4.90 Å². The van der Waals surface area contributed by atoms with Gasteiger partial charge in [0.1, 0.15) is 10.0 Å². The Labute approximate surface area is 141 Å². The Kier molecular flexibility index (Phi) is 3.97. The van der Waals surface area contributed by atoms with Crippen LogP contribution in [0.2, 0.25) is 5.15 Å². The van der Waals surface area contributed by atoms with E-state index in [1.165, 1.54) is 8.99 Å². The van der Waals surface area contributed by atoms with Crippen molar-refractivity contribution in [2.24, 2.45) is 12.5 Å². The van der Waals surface area contributed by atoms with Crippen molar-refractivity contribution in [2.75, 3.05) is 26.7 Å². The fourth-order valence-corrected chi connectivity index (χ4v) is 5.95. The van der Waals surface area contributed by atoms with Crippen molar-refractivity contribution < 1.29 is 13.2 Å². The van der Waals surface area contributed by atoms with E-state index in [2.05, 4.69) is 5.10 Å². The average molecular weight is 361 g/mol. The third-order valence-electron chi connectivity index (χ3n) is 4.97. The maximum absolute atomic E-state index is 13.0. The van der Waals surface area contributed by atoms with Crippen LogP contribution < -0.4 is 0 Å². The molecule has 0 aromatic carbocycles. The SMILES string of the molecule is Cc1nn(C)c(Cl)c1S(=O)(=O)N1CC[C@]2(CCCN(C)C2=O)C1. The summed E-state index contributed by atoms with van der Waals surface area (Å²) in [4.78, 5) is 14.3. The predicted molar refractivity (Wildman–Crippen MR) is 85.6 cm³/mol. The number of aryl methyl sites for hydroxylation is 2. The van der Waals surface area contributed by atoms with Crippen LogP contribution in [-0.4, -0.2) is 60.0 Å². The first-order valence-electron chi connectivity index (χ1n) is 7.64. The molecule has 1 aromatic rings. The van der Waals surface area contributed by atoms with Crippen molar-refractivity contribution in [3.8, 4) is 0 Å². The highest BCUT2D eigenvalue weighted by Gasteiger charge is 2.51. The van der Waals surface area contributed by atoms with Crippen LogP contribution in [0.5, 0.6) is 0 Å². The van der Waals surface area contributed by atoms with Gasteiger partial charge in [-0.05, 0) is 26.2 Å². The molecule has 0 bridgehead atoms. The van der Waals surface area contributed by atoms with Crippen LogP contribution in [0.1, 0.15) is 25.0 Å². The molecule has 2 saturated heterocycles. The summed E-state index contributed by atoms with van der Waals surface area (Å²) in [6.07, 6.45) is 2.21. The molecule has 3 heterocycles. The molecule has 23 heavy (non-hydrogen) atoms. The number of carbonyl (C=O) groups excluding carboxylic acids is 1. The summed E-state index contributed by atoms with van der Waals surface area (Å²) in [5.41, 5.74) is -0.201. The molecule has 128 valence electrons. The lowest BCUT2D eigenvalue weighted by Crippen LogP contribution is -2.48. The second-order valence-corrected chi connectivity index (χ2v) is 8.76. The van der Waals surface area contributed by atoms with Crippen LogP contribution >= 0.6 is 11.6 Å². The molecule has 1 aromatic heterocycles. The minimum Gasteiger partial charge on any atom is -0.345 e. The molecule has 7 nitrogen and oxygen atoms in total. The number of likely N-dealkylation sites (tertiary alicyclic amines) is 1. The predicted octanol–water partition coefficient (Wildman–Crippen LogP) is 1.01. The number of nitrogens with zero attached hydrogens (tertiary/aromatic N) is 4. The van der Waals surface area contributed by atoms with E-state index in [9.17, 15) is 13.2 Å². The normalized spacial score (nSPS) is 26.4. The van der Waals surface area contributed by atoms with Gasteiger partial charge in [0, 0.05) is 33.7 Å². The van der Waals surface area contributed by atoms with Gasteiger partial charge in [-0.15, -0.1) is 0 Å². The lowest BCUT2D eigenvalue weighted by molar-refractivity contribution is -0.143. The van der Waals surface area contributed by atoms with Crippen molar-refractivity contribution in [3.63, 3.8) is 0 Å². The Morgan fingerprint density at radius 1 is 1.22 bits per heavy atom. The molecule has 0 saturated carbocycles. The minimum atomic E-state index is -3.75. The van der Waals surface area contributed by atoms with Crippen LogP contribution in [0.3, 0.4) is 0 Å². The molecular weight excluding hydrogens is 340 g/mol. The number of sulfonamides is 1. The number of aromatic nitrogens is 2. The van der Waals surface area contributed by atoms with Crippen LogP contribution in [0.25, 0.3) is 0 Å². The molecule has 0 aliphatic carbocycles. The maximum atomic E-state index is 13.0. The fourth-order valence-electron chi connectivity index (χ4n) is 3.72. The molecule has 2 fully saturated rings. The molecule has 1 amide bonds. The zero-order chi connectivity index (χ0) is 17.0. The van der Waals surface area contributed by atoms with E-state index < -0.39 is 15.4 Å². The van der Waals surface area contributed by atoms with Gasteiger partial charge in [-0.2, -0.15) is 9.40 Å². The van der Waals surface area contributed by atoms with E-state index in [0.29, 0.717) is 18.7 Å². The number of piperidine rings is 1. The summed E-state index contributed by atoms with van der Waals surface area (Å²) < 4.78 is 28.7. The number of hydrogen-bond donors (Lipinski definition) is 0. The fraction of sp³-hybridized carbons (Fsp3) is 0.714. The van der Waals surface area contributed by atoms with Crippen molar-refractivity contribution in [1.29, 1.82) is 0 Å². The molecule has 9 heteroatoms. The molecule has 2 aliphatic rings. The number of carbonyl (C=O) groups is 1. The summed E-state index contributed by atoms with van der Waals surface area (Å²) in [6.45, 7) is 2.93. The monoisotopic (exact) mass is 360 g/mol. The minimum absolute atomic E-state index is 0.0512. The summed E-state index contributed by atoms with van der Waals surface area (Å²) >= 11 is 6.13. The number of amides is 1. The second kappa shape index (κ2) is 5.46. The van der Waals surface area contributed by atoms with E-state index >= 15 is 0 Å². The van der Waals surface area contributed by atoms with E-state index in [4.69, 9.17) is 11.6 Å². The topological polar surface area (TPSA) is 75.5 Å². The van der Waals surface area contributed by atoms with Gasteiger partial charge in [0.15, 0.2) is 0 Å². The van der Waals surface area contributed by atoms with Gasteiger partial charge < -0.3 is 4.90 Å². The molecule has 0 unspecified atom stereocenters. The van der Waals surface area contributed by atoms with Gasteiger partial charge in [0.2, 0.25) is 15.9 Å². The standard InChI is InChI=1S/C14H21ClN4O3S/c1-10-11(12(15)18(3)16-10)23(21,22)19-8-6-14(9-19)5-4-7-17(2)13(14)20/h4-9H2,1-3H3/t14-/m1/s1. The first-order chi connectivity index (χ1) is 10.7. The molecule has 1 spiro atoms. The quantitative estimate of drug-likeness (QED) is 0.789. The average Bonchev–Trinajstić information content (AvgIpc) is 3.00. The molecule has 2 aliphatic heterocycles. The Morgan fingerprint density at radius 2 is 1.91 bits per heavy atom. The first kappa shape index (κ1) is 16.7. The van der Waals surface area contributed by atoms with Crippen molar-refractivity contribution in [2.45, 2.75) is 31.1 Å². The lowest BCUT2D eigenvalue weighted by Gasteiger charge is -2.37. The maximum Gasteiger partial charge on any atom is 0.248 e. The summed E-state index contributed by atoms with van der Waals surface area (Å²) in [5.74, 6) is 0.0513. The molecule has 1 atom stereocenters. The largest absolute Gasteiger partial charge is 0.345 e. The Balaban J connectivity index is 1.93. The molecule has 0 N–H and O–H groups in total. The third kappa shape index (κ3) is 2.47. The smallest absolute Gasteiger partial charge is 0.248 e.